The summed E-state index contributed by atoms with van der Waals surface area (Å²) in [6.45, 7) is 0. The van der Waals surface area contributed by atoms with Crippen molar-refractivity contribution >= 4 is 38.5 Å². The molecule has 3 rings (SSSR count). The predicted octanol–water partition coefficient (Wildman–Crippen LogP) is -1.42. The van der Waals surface area contributed by atoms with Crippen molar-refractivity contribution in [2.45, 2.75) is 19.3 Å². The Labute approximate surface area is 202 Å². The third-order valence-electron chi connectivity index (χ3n) is 5.40. The summed E-state index contributed by atoms with van der Waals surface area (Å²) in [6.07, 6.45) is 9.65. The van der Waals surface area contributed by atoms with E-state index in [0.717, 1.165) is 9.84 Å². The molecule has 3 aliphatic rings. The molecule has 3 aliphatic carbocycles. The second-order valence-electron chi connectivity index (χ2n) is 6.97. The number of amides is 6. The van der Waals surface area contributed by atoms with Gasteiger partial charge >= 0.3 is 202 Å². The van der Waals surface area contributed by atoms with Gasteiger partial charge in [0, 0.05) is 0 Å². The predicted molar refractivity (Wildman–Crippen MR) is 114 cm³/mol. The van der Waals surface area contributed by atoms with Gasteiger partial charge in [0.25, 0.3) is 0 Å². The molecule has 0 radical (unpaired) electrons. The molecule has 0 unspecified atom stereocenters. The van der Waals surface area contributed by atoms with E-state index in [-0.39, 0.29) is 0 Å². The minimum absolute atomic E-state index is 0.420. The van der Waals surface area contributed by atoms with Gasteiger partial charge in [-0.2, -0.15) is 0 Å². The summed E-state index contributed by atoms with van der Waals surface area (Å²) in [4.78, 5) is 67.6. The number of carbonyl (C=O) groups is 6. The Morgan fingerprint density at radius 1 is 0.471 bits per heavy atom. The number of hydrogen-bond acceptors (Lipinski definition) is 6. The second kappa shape index (κ2) is 11.8. The third-order valence-corrected chi connectivity index (χ3v) is 13.2. The Bertz CT molecular complexity index is 979. The molecule has 0 saturated heterocycles. The number of nitrogens with one attached hydrogen (secondary N) is 6. The van der Waals surface area contributed by atoms with Gasteiger partial charge in [-0.15, -0.1) is 0 Å². The molecule has 13 heteroatoms. The molecule has 0 aliphatic heterocycles. The van der Waals surface area contributed by atoms with Crippen LogP contribution in [0.1, 0.15) is 19.3 Å². The van der Waals surface area contributed by atoms with Crippen molar-refractivity contribution in [3.05, 3.63) is 62.3 Å². The summed E-state index contributed by atoms with van der Waals surface area (Å²) >= 11 is -3.30. The van der Waals surface area contributed by atoms with Gasteiger partial charge in [0.2, 0.25) is 0 Å². The second-order valence-corrected chi connectivity index (χ2v) is 13.3. The van der Waals surface area contributed by atoms with Gasteiger partial charge in [-0.3, -0.25) is 0 Å². The standard InChI is InChI=1S/3C7H7N2O2.Zr/c3*10-4-8-6-2-1-3-7(6)9-5-11;/h3*2,4-5H,1H2,(H,8,10)(H,9,11);. The van der Waals surface area contributed by atoms with Gasteiger partial charge in [-0.1, -0.05) is 0 Å². The van der Waals surface area contributed by atoms with Crippen molar-refractivity contribution in [2.75, 3.05) is 0 Å². The minimum atomic E-state index is -3.30. The van der Waals surface area contributed by atoms with Crippen molar-refractivity contribution < 1.29 is 50.5 Å². The van der Waals surface area contributed by atoms with Gasteiger partial charge in [0.1, 0.15) is 0 Å². The van der Waals surface area contributed by atoms with E-state index in [4.69, 9.17) is 0 Å². The van der Waals surface area contributed by atoms with Gasteiger partial charge in [-0.05, 0) is 0 Å². The fourth-order valence-corrected chi connectivity index (χ4v) is 12.5. The van der Waals surface area contributed by atoms with E-state index < -0.39 is 21.8 Å². The van der Waals surface area contributed by atoms with Crippen LogP contribution in [-0.2, 0) is 50.5 Å². The summed E-state index contributed by atoms with van der Waals surface area (Å²) in [5, 5.41) is 15.8. The fourth-order valence-electron chi connectivity index (χ4n) is 4.20. The molecule has 0 aromatic heterocycles. The van der Waals surface area contributed by atoms with Gasteiger partial charge in [0.05, 0.1) is 0 Å². The van der Waals surface area contributed by atoms with Crippen molar-refractivity contribution in [1.29, 1.82) is 0 Å². The SMILES string of the molecule is O=CNC1=CC[C]([Zr]([C]2=C(NC=O)C(NC=O)=CC2)[C]2=C(NC=O)C(NC=O)=CC2)=C1NC=O. The number of carbonyl (C=O) groups excluding carboxylic acids is 6. The zero-order chi connectivity index (χ0) is 24.5. The van der Waals surface area contributed by atoms with Crippen LogP contribution in [0.4, 0.5) is 0 Å². The van der Waals surface area contributed by atoms with Crippen molar-refractivity contribution in [3.63, 3.8) is 0 Å². The summed E-state index contributed by atoms with van der Waals surface area (Å²) in [6, 6.07) is 0. The molecule has 12 nitrogen and oxygen atoms in total. The van der Waals surface area contributed by atoms with Crippen LogP contribution in [0.2, 0.25) is 0 Å². The van der Waals surface area contributed by atoms with Gasteiger partial charge in [-0.25, -0.2) is 0 Å². The molecule has 0 atom stereocenters. The van der Waals surface area contributed by atoms with E-state index >= 15 is 0 Å². The molecular formula is C21H21N6O6Zr. The average molecular weight is 545 g/mol. The summed E-state index contributed by atoms with van der Waals surface area (Å²) < 4.78 is 2.63. The molecule has 0 aromatic rings. The summed E-state index contributed by atoms with van der Waals surface area (Å²) in [5.74, 6) is 0. The van der Waals surface area contributed by atoms with Crippen LogP contribution in [0, 0.1) is 0 Å². The van der Waals surface area contributed by atoms with Crippen LogP contribution in [0.5, 0.6) is 0 Å². The molecule has 6 amide bonds. The van der Waals surface area contributed by atoms with Crippen molar-refractivity contribution in [3.8, 4) is 0 Å². The molecule has 175 valence electrons. The Morgan fingerprint density at radius 2 is 0.735 bits per heavy atom. The van der Waals surface area contributed by atoms with E-state index in [2.05, 4.69) is 31.9 Å². The van der Waals surface area contributed by atoms with E-state index in [1.807, 2.05) is 0 Å². The van der Waals surface area contributed by atoms with Crippen molar-refractivity contribution in [2.24, 2.45) is 0 Å². The first-order chi connectivity index (χ1) is 16.6. The molecule has 0 fully saturated rings. The quantitative estimate of drug-likeness (QED) is 0.138. The number of hydrogen-bond donors (Lipinski definition) is 6. The first-order valence-corrected chi connectivity index (χ1v) is 13.7. The monoisotopic (exact) mass is 543 g/mol. The maximum atomic E-state index is 11.4. The van der Waals surface area contributed by atoms with E-state index in [0.29, 0.717) is 91.9 Å². The molecule has 34 heavy (non-hydrogen) atoms. The molecular weight excluding hydrogens is 523 g/mol. The van der Waals surface area contributed by atoms with Crippen LogP contribution in [0.3, 0.4) is 0 Å². The Balaban J connectivity index is 2.25. The zero-order valence-corrected chi connectivity index (χ0v) is 20.2. The molecule has 0 saturated carbocycles. The Kier molecular flexibility index (Phi) is 8.63. The first-order valence-electron chi connectivity index (χ1n) is 10.0. The Morgan fingerprint density at radius 3 is 0.971 bits per heavy atom. The Hall–Kier alpha value is -3.86. The van der Waals surface area contributed by atoms with Crippen LogP contribution in [0.15, 0.2) is 62.3 Å². The van der Waals surface area contributed by atoms with Crippen LogP contribution < -0.4 is 31.9 Å². The summed E-state index contributed by atoms with van der Waals surface area (Å²) in [5.41, 5.74) is 2.71. The molecule has 0 bridgehead atoms. The fraction of sp³-hybridized carbons (Fsp3) is 0.143. The number of allylic oxidation sites excluding steroid dienone is 6. The van der Waals surface area contributed by atoms with Gasteiger partial charge < -0.3 is 0 Å². The third kappa shape index (κ3) is 4.89. The maximum absolute atomic E-state index is 11.4. The molecule has 0 heterocycles. The van der Waals surface area contributed by atoms with Crippen LogP contribution in [-0.4, -0.2) is 38.5 Å². The van der Waals surface area contributed by atoms with Crippen LogP contribution >= 0.6 is 0 Å². The van der Waals surface area contributed by atoms with E-state index in [9.17, 15) is 28.8 Å². The van der Waals surface area contributed by atoms with E-state index in [1.165, 1.54) is 0 Å². The first kappa shape index (κ1) is 24.8. The van der Waals surface area contributed by atoms with Crippen molar-refractivity contribution in [1.82, 2.24) is 31.9 Å². The topological polar surface area (TPSA) is 175 Å². The van der Waals surface area contributed by atoms with Crippen LogP contribution in [0.25, 0.3) is 0 Å². The van der Waals surface area contributed by atoms with E-state index in [1.54, 1.807) is 18.2 Å². The zero-order valence-electron chi connectivity index (χ0n) is 17.8. The molecule has 0 aromatic carbocycles. The molecule has 0 spiro atoms. The summed E-state index contributed by atoms with van der Waals surface area (Å²) in [7, 11) is 0. The molecule has 6 N–H and O–H groups in total. The van der Waals surface area contributed by atoms with Gasteiger partial charge in [0.15, 0.2) is 0 Å². The normalized spacial score (nSPS) is 16.8. The number of rotatable bonds is 15. The average Bonchev–Trinajstić information content (AvgIpc) is 3.52.